The number of nitrogens with zero attached hydrogens (tertiary/aromatic N) is 1. The molecular formula is C8H6N2O3. The minimum Gasteiger partial charge on any atom is -0.449 e. The fourth-order valence-corrected chi connectivity index (χ4v) is 1.07. The number of aromatic nitrogens is 2. The third kappa shape index (κ3) is 1.44. The third-order valence-electron chi connectivity index (χ3n) is 1.58. The highest BCUT2D eigenvalue weighted by Crippen LogP contribution is 2.16. The topological polar surface area (TPSA) is 75.2 Å². The van der Waals surface area contributed by atoms with Gasteiger partial charge in [0.05, 0.1) is 17.2 Å². The van der Waals surface area contributed by atoms with Crippen LogP contribution in [0.1, 0.15) is 0 Å². The average Bonchev–Trinajstić information content (AvgIpc) is 2.49. The first-order valence-corrected chi connectivity index (χ1v) is 3.59. The fourth-order valence-electron chi connectivity index (χ4n) is 1.07. The Kier molecular flexibility index (Phi) is 1.63. The van der Waals surface area contributed by atoms with Crippen LogP contribution in [-0.2, 0) is 0 Å². The molecule has 66 valence electrons. The lowest BCUT2D eigenvalue weighted by atomic mass is 10.4. The molecule has 2 aromatic rings. The van der Waals surface area contributed by atoms with E-state index in [2.05, 4.69) is 14.7 Å². The number of fused-ring (bicyclic) bond motifs is 1. The van der Waals surface area contributed by atoms with Gasteiger partial charge < -0.3 is 14.8 Å². The lowest BCUT2D eigenvalue weighted by Crippen LogP contribution is -2.02. The summed E-state index contributed by atoms with van der Waals surface area (Å²) in [6, 6.07) is 3.37. The second kappa shape index (κ2) is 2.78. The van der Waals surface area contributed by atoms with Crippen molar-refractivity contribution in [3.05, 3.63) is 24.5 Å². The quantitative estimate of drug-likeness (QED) is 0.650. The Bertz CT molecular complexity index is 449. The largest absolute Gasteiger partial charge is 0.511 e. The standard InChI is InChI=1S/C8H6N2O3/c11-8(12)13-5-3-7-6(10-4-5)1-2-9-7/h1-4,9H,(H,11,12). The SMILES string of the molecule is O=C(O)Oc1cnc2cc[nH]c2c1. The lowest BCUT2D eigenvalue weighted by Gasteiger charge is -1.97. The maximum Gasteiger partial charge on any atom is 0.511 e. The molecule has 0 saturated heterocycles. The molecule has 0 aliphatic carbocycles. The van der Waals surface area contributed by atoms with Gasteiger partial charge in [-0.05, 0) is 6.07 Å². The van der Waals surface area contributed by atoms with E-state index in [1.54, 1.807) is 18.3 Å². The number of hydrogen-bond donors (Lipinski definition) is 2. The third-order valence-corrected chi connectivity index (χ3v) is 1.58. The number of ether oxygens (including phenoxy) is 1. The summed E-state index contributed by atoms with van der Waals surface area (Å²) in [7, 11) is 0. The van der Waals surface area contributed by atoms with Crippen molar-refractivity contribution >= 4 is 17.2 Å². The molecule has 2 heterocycles. The van der Waals surface area contributed by atoms with Gasteiger partial charge >= 0.3 is 6.16 Å². The molecule has 5 heteroatoms. The number of carboxylic acid groups (broad SMARTS) is 1. The molecule has 5 nitrogen and oxygen atoms in total. The first-order chi connectivity index (χ1) is 6.25. The Balaban J connectivity index is 2.42. The van der Waals surface area contributed by atoms with Crippen LogP contribution >= 0.6 is 0 Å². The van der Waals surface area contributed by atoms with Crippen LogP contribution in [0.4, 0.5) is 4.79 Å². The second-order valence-corrected chi connectivity index (χ2v) is 2.45. The molecule has 2 N–H and O–H groups in total. The van der Waals surface area contributed by atoms with Gasteiger partial charge in [0.2, 0.25) is 0 Å². The van der Waals surface area contributed by atoms with Gasteiger partial charge in [-0.3, -0.25) is 4.98 Å². The number of rotatable bonds is 1. The van der Waals surface area contributed by atoms with E-state index in [9.17, 15) is 4.79 Å². The molecule has 0 aliphatic heterocycles. The van der Waals surface area contributed by atoms with Gasteiger partial charge in [0.1, 0.15) is 0 Å². The van der Waals surface area contributed by atoms with Crippen molar-refractivity contribution in [3.63, 3.8) is 0 Å². The van der Waals surface area contributed by atoms with E-state index in [0.29, 0.717) is 0 Å². The first-order valence-electron chi connectivity index (χ1n) is 3.59. The minimum atomic E-state index is -1.34. The molecule has 13 heavy (non-hydrogen) atoms. The highest BCUT2D eigenvalue weighted by molar-refractivity contribution is 5.76. The molecule has 0 fully saturated rings. The van der Waals surface area contributed by atoms with E-state index in [1.165, 1.54) is 6.20 Å². The Morgan fingerprint density at radius 1 is 1.62 bits per heavy atom. The summed E-state index contributed by atoms with van der Waals surface area (Å²) in [5.74, 6) is 0.211. The van der Waals surface area contributed by atoms with Gasteiger partial charge in [-0.15, -0.1) is 0 Å². The van der Waals surface area contributed by atoms with Crippen LogP contribution in [0.3, 0.4) is 0 Å². The molecule has 0 aromatic carbocycles. The van der Waals surface area contributed by atoms with E-state index in [1.807, 2.05) is 0 Å². The summed E-state index contributed by atoms with van der Waals surface area (Å²) in [5, 5.41) is 8.33. The van der Waals surface area contributed by atoms with E-state index in [-0.39, 0.29) is 5.75 Å². The zero-order chi connectivity index (χ0) is 9.26. The zero-order valence-corrected chi connectivity index (χ0v) is 6.52. The Hall–Kier alpha value is -2.04. The molecule has 0 bridgehead atoms. The number of pyridine rings is 1. The molecule has 0 atom stereocenters. The van der Waals surface area contributed by atoms with Crippen molar-refractivity contribution in [2.45, 2.75) is 0 Å². The minimum absolute atomic E-state index is 0.211. The van der Waals surface area contributed by atoms with Crippen molar-refractivity contribution in [2.75, 3.05) is 0 Å². The van der Waals surface area contributed by atoms with E-state index in [0.717, 1.165) is 11.0 Å². The van der Waals surface area contributed by atoms with E-state index < -0.39 is 6.16 Å². The van der Waals surface area contributed by atoms with Crippen LogP contribution in [0.15, 0.2) is 24.5 Å². The molecule has 0 aliphatic rings. The van der Waals surface area contributed by atoms with Gasteiger partial charge in [0, 0.05) is 12.3 Å². The second-order valence-electron chi connectivity index (χ2n) is 2.45. The monoisotopic (exact) mass is 178 g/mol. The van der Waals surface area contributed by atoms with Crippen LogP contribution in [-0.4, -0.2) is 21.2 Å². The Morgan fingerprint density at radius 2 is 2.46 bits per heavy atom. The molecule has 2 rings (SSSR count). The molecule has 0 spiro atoms. The highest BCUT2D eigenvalue weighted by atomic mass is 16.7. The first kappa shape index (κ1) is 7.60. The molecule has 0 amide bonds. The van der Waals surface area contributed by atoms with Gasteiger partial charge in [-0.1, -0.05) is 0 Å². The van der Waals surface area contributed by atoms with Crippen LogP contribution in [0.25, 0.3) is 11.0 Å². The number of aromatic amines is 1. The van der Waals surface area contributed by atoms with Crippen molar-refractivity contribution < 1.29 is 14.6 Å². The van der Waals surface area contributed by atoms with Crippen LogP contribution in [0, 0.1) is 0 Å². The Morgan fingerprint density at radius 3 is 3.23 bits per heavy atom. The predicted octanol–water partition coefficient (Wildman–Crippen LogP) is 1.62. The zero-order valence-electron chi connectivity index (χ0n) is 6.52. The molecule has 0 radical (unpaired) electrons. The summed E-state index contributed by atoms with van der Waals surface area (Å²) in [6.45, 7) is 0. The Labute approximate surface area is 73.0 Å². The smallest absolute Gasteiger partial charge is 0.449 e. The molecular weight excluding hydrogens is 172 g/mol. The summed E-state index contributed by atoms with van der Waals surface area (Å²) in [5.41, 5.74) is 1.52. The normalized spacial score (nSPS) is 10.2. The van der Waals surface area contributed by atoms with Crippen molar-refractivity contribution in [2.24, 2.45) is 0 Å². The highest BCUT2D eigenvalue weighted by Gasteiger charge is 2.02. The number of carbonyl (C=O) groups is 1. The summed E-state index contributed by atoms with van der Waals surface area (Å²) in [4.78, 5) is 17.1. The summed E-state index contributed by atoms with van der Waals surface area (Å²) >= 11 is 0. The van der Waals surface area contributed by atoms with Gasteiger partial charge in [-0.2, -0.15) is 0 Å². The lowest BCUT2D eigenvalue weighted by molar-refractivity contribution is 0.144. The van der Waals surface area contributed by atoms with Gasteiger partial charge in [0.15, 0.2) is 5.75 Å². The van der Waals surface area contributed by atoms with Crippen molar-refractivity contribution in [3.8, 4) is 5.75 Å². The molecule has 2 aromatic heterocycles. The fraction of sp³-hybridized carbons (Fsp3) is 0. The van der Waals surface area contributed by atoms with Crippen molar-refractivity contribution in [1.82, 2.24) is 9.97 Å². The maximum atomic E-state index is 10.2. The molecule has 0 saturated carbocycles. The van der Waals surface area contributed by atoms with Crippen LogP contribution < -0.4 is 4.74 Å². The number of hydrogen-bond acceptors (Lipinski definition) is 3. The van der Waals surface area contributed by atoms with Crippen LogP contribution in [0.2, 0.25) is 0 Å². The summed E-state index contributed by atoms with van der Waals surface area (Å²) < 4.78 is 4.43. The summed E-state index contributed by atoms with van der Waals surface area (Å²) in [6.07, 6.45) is 1.75. The van der Waals surface area contributed by atoms with Crippen LogP contribution in [0.5, 0.6) is 5.75 Å². The van der Waals surface area contributed by atoms with Crippen molar-refractivity contribution in [1.29, 1.82) is 0 Å². The van der Waals surface area contributed by atoms with E-state index >= 15 is 0 Å². The van der Waals surface area contributed by atoms with Gasteiger partial charge in [0.25, 0.3) is 0 Å². The molecule has 0 unspecified atom stereocenters. The van der Waals surface area contributed by atoms with E-state index in [4.69, 9.17) is 5.11 Å². The number of H-pyrrole nitrogens is 1. The van der Waals surface area contributed by atoms with Gasteiger partial charge in [-0.25, -0.2) is 4.79 Å². The number of nitrogens with one attached hydrogen (secondary N) is 1. The average molecular weight is 178 g/mol. The maximum absolute atomic E-state index is 10.2. The predicted molar refractivity (Wildman–Crippen MR) is 44.7 cm³/mol.